The van der Waals surface area contributed by atoms with Gasteiger partial charge in [0, 0.05) is 47.6 Å². The van der Waals surface area contributed by atoms with Gasteiger partial charge in [-0.25, -0.2) is 15.0 Å². The van der Waals surface area contributed by atoms with Crippen LogP contribution < -0.4 is 0 Å². The molecular formula is C70H43N3OS. The van der Waals surface area contributed by atoms with E-state index in [0.29, 0.717) is 17.5 Å². The molecule has 75 heavy (non-hydrogen) atoms. The van der Waals surface area contributed by atoms with Crippen LogP contribution in [0.25, 0.3) is 121 Å². The summed E-state index contributed by atoms with van der Waals surface area (Å²) in [6.07, 6.45) is 0. The molecule has 11 aromatic carbocycles. The molecule has 0 spiro atoms. The molecule has 0 saturated carbocycles. The van der Waals surface area contributed by atoms with E-state index in [1.54, 1.807) is 11.3 Å². The van der Waals surface area contributed by atoms with Gasteiger partial charge in [-0.05, 0) is 115 Å². The van der Waals surface area contributed by atoms with Crippen LogP contribution in [0, 0.1) is 0 Å². The lowest BCUT2D eigenvalue weighted by atomic mass is 9.67. The first-order chi connectivity index (χ1) is 37.2. The number of thiophene rings is 1. The molecule has 350 valence electrons. The van der Waals surface area contributed by atoms with Gasteiger partial charge in [-0.3, -0.25) is 0 Å². The third kappa shape index (κ3) is 6.93. The lowest BCUT2D eigenvalue weighted by Crippen LogP contribution is -2.28. The smallest absolute Gasteiger partial charge is 0.164 e. The Labute approximate surface area is 437 Å². The SMILES string of the molecule is c1ccc(-c2cccc(-c3nc(-c4ccc5sc6ccccc6c5c4)nc(-c4cccc5oc6ccc(-c7ccc(-c8cccc9c8-c8ccccc8C9(c8ccccc8)c8ccccc8)cc7)cc6c45)n3)c2)cc1. The van der Waals surface area contributed by atoms with Crippen LogP contribution in [0.2, 0.25) is 0 Å². The summed E-state index contributed by atoms with van der Waals surface area (Å²) in [6.45, 7) is 0. The van der Waals surface area contributed by atoms with E-state index in [9.17, 15) is 0 Å². The van der Waals surface area contributed by atoms with Crippen molar-refractivity contribution in [2.45, 2.75) is 5.41 Å². The number of hydrogen-bond donors (Lipinski definition) is 0. The summed E-state index contributed by atoms with van der Waals surface area (Å²) in [7, 11) is 0. The van der Waals surface area contributed by atoms with Gasteiger partial charge in [0.15, 0.2) is 17.5 Å². The average molecular weight is 974 g/mol. The maximum atomic E-state index is 6.64. The van der Waals surface area contributed by atoms with Crippen molar-refractivity contribution in [3.05, 3.63) is 283 Å². The monoisotopic (exact) mass is 973 g/mol. The zero-order valence-corrected chi connectivity index (χ0v) is 41.3. The lowest BCUT2D eigenvalue weighted by Gasteiger charge is -2.34. The Kier molecular flexibility index (Phi) is 9.94. The number of rotatable bonds is 8. The Morgan fingerprint density at radius 3 is 1.63 bits per heavy atom. The van der Waals surface area contributed by atoms with Crippen LogP contribution in [0.1, 0.15) is 22.3 Å². The van der Waals surface area contributed by atoms with E-state index in [2.05, 4.69) is 243 Å². The molecule has 3 heterocycles. The normalized spacial score (nSPS) is 12.6. The van der Waals surface area contributed by atoms with Crippen LogP contribution >= 0.6 is 11.3 Å². The fraction of sp³-hybridized carbons (Fsp3) is 0.0143. The van der Waals surface area contributed by atoms with Crippen molar-refractivity contribution < 1.29 is 4.42 Å². The predicted molar refractivity (Wildman–Crippen MR) is 310 cm³/mol. The highest BCUT2D eigenvalue weighted by Gasteiger charge is 2.46. The second kappa shape index (κ2) is 17.3. The second-order valence-corrected chi connectivity index (χ2v) is 20.5. The zero-order valence-electron chi connectivity index (χ0n) is 40.5. The van der Waals surface area contributed by atoms with Gasteiger partial charge in [0.25, 0.3) is 0 Å². The number of furan rings is 1. The summed E-state index contributed by atoms with van der Waals surface area (Å²) in [5, 5.41) is 4.38. The van der Waals surface area contributed by atoms with Crippen LogP contribution in [0.15, 0.2) is 265 Å². The van der Waals surface area contributed by atoms with Crippen LogP contribution in [-0.2, 0) is 5.41 Å². The third-order valence-corrected chi connectivity index (χ3v) is 16.4. The Morgan fingerprint density at radius 1 is 0.307 bits per heavy atom. The van der Waals surface area contributed by atoms with Gasteiger partial charge in [0.05, 0.1) is 5.41 Å². The fourth-order valence-electron chi connectivity index (χ4n) is 11.9. The van der Waals surface area contributed by atoms with Gasteiger partial charge in [0.2, 0.25) is 0 Å². The van der Waals surface area contributed by atoms with E-state index in [4.69, 9.17) is 19.4 Å². The standard InChI is InChI=1S/C70H43N3OS/c1-4-17-44(18-5-1)47-19-14-20-49(41-47)67-71-68(50-38-40-64-57(43-50)54-25-11-13-32-63(54)75-64)73-69(72-67)56-28-16-31-62-66(56)58-42-48(37-39-61(58)74-62)45-33-35-46(36-34-45)53-27-15-30-60-65(53)55-26-10-12-29-59(55)70(60,51-21-6-2-7-22-51)52-23-8-3-9-24-52/h1-43H. The van der Waals surface area contributed by atoms with Crippen molar-refractivity contribution in [2.24, 2.45) is 0 Å². The van der Waals surface area contributed by atoms with Crippen LogP contribution in [0.4, 0.5) is 0 Å². The Morgan fingerprint density at radius 2 is 0.827 bits per heavy atom. The highest BCUT2D eigenvalue weighted by molar-refractivity contribution is 7.25. The molecule has 0 amide bonds. The Hall–Kier alpha value is -9.55. The number of nitrogens with zero attached hydrogens (tertiary/aromatic N) is 3. The molecule has 4 nitrogen and oxygen atoms in total. The summed E-state index contributed by atoms with van der Waals surface area (Å²) >= 11 is 1.80. The molecule has 1 aliphatic carbocycles. The summed E-state index contributed by atoms with van der Waals surface area (Å²) in [5.74, 6) is 1.80. The van der Waals surface area contributed by atoms with Crippen molar-refractivity contribution in [1.82, 2.24) is 15.0 Å². The number of hydrogen-bond acceptors (Lipinski definition) is 5. The van der Waals surface area contributed by atoms with Crippen molar-refractivity contribution in [3.8, 4) is 78.7 Å². The lowest BCUT2D eigenvalue weighted by molar-refractivity contribution is 0.669. The Bertz CT molecular complexity index is 4480. The van der Waals surface area contributed by atoms with E-state index in [1.165, 1.54) is 64.7 Å². The van der Waals surface area contributed by atoms with Crippen molar-refractivity contribution >= 4 is 53.4 Å². The first-order valence-electron chi connectivity index (χ1n) is 25.4. The van der Waals surface area contributed by atoms with Gasteiger partial charge >= 0.3 is 0 Å². The molecule has 0 fully saturated rings. The molecular weight excluding hydrogens is 931 g/mol. The van der Waals surface area contributed by atoms with Gasteiger partial charge in [-0.1, -0.05) is 212 Å². The van der Waals surface area contributed by atoms with Gasteiger partial charge in [0.1, 0.15) is 11.2 Å². The van der Waals surface area contributed by atoms with Gasteiger partial charge in [-0.15, -0.1) is 11.3 Å². The topological polar surface area (TPSA) is 51.8 Å². The maximum Gasteiger partial charge on any atom is 0.164 e. The molecule has 14 aromatic rings. The van der Waals surface area contributed by atoms with E-state index >= 15 is 0 Å². The van der Waals surface area contributed by atoms with Crippen molar-refractivity contribution in [3.63, 3.8) is 0 Å². The number of aromatic nitrogens is 3. The molecule has 15 rings (SSSR count). The molecule has 0 aliphatic heterocycles. The first kappa shape index (κ1) is 43.1. The molecule has 1 aliphatic rings. The minimum atomic E-state index is -0.461. The molecule has 3 aromatic heterocycles. The maximum absolute atomic E-state index is 6.64. The Balaban J connectivity index is 0.853. The third-order valence-electron chi connectivity index (χ3n) is 15.2. The minimum absolute atomic E-state index is 0.461. The van der Waals surface area contributed by atoms with E-state index in [0.717, 1.165) is 60.9 Å². The largest absolute Gasteiger partial charge is 0.456 e. The highest BCUT2D eigenvalue weighted by Crippen LogP contribution is 2.58. The predicted octanol–water partition coefficient (Wildman–Crippen LogP) is 18.5. The molecule has 0 N–H and O–H groups in total. The molecule has 0 unspecified atom stereocenters. The molecule has 0 atom stereocenters. The van der Waals surface area contributed by atoms with Gasteiger partial charge in [-0.2, -0.15) is 0 Å². The second-order valence-electron chi connectivity index (χ2n) is 19.4. The van der Waals surface area contributed by atoms with Crippen LogP contribution in [0.5, 0.6) is 0 Å². The molecule has 5 heteroatoms. The summed E-state index contributed by atoms with van der Waals surface area (Å²) in [5.41, 5.74) is 18.3. The van der Waals surface area contributed by atoms with E-state index in [-0.39, 0.29) is 0 Å². The molecule has 0 radical (unpaired) electrons. The molecule has 0 saturated heterocycles. The zero-order chi connectivity index (χ0) is 49.5. The van der Waals surface area contributed by atoms with E-state index < -0.39 is 5.41 Å². The quantitative estimate of drug-likeness (QED) is 0.152. The van der Waals surface area contributed by atoms with Crippen molar-refractivity contribution in [2.75, 3.05) is 0 Å². The van der Waals surface area contributed by atoms with E-state index in [1.807, 2.05) is 18.2 Å². The van der Waals surface area contributed by atoms with Crippen LogP contribution in [-0.4, -0.2) is 15.0 Å². The van der Waals surface area contributed by atoms with Crippen molar-refractivity contribution in [1.29, 1.82) is 0 Å². The molecule has 0 bridgehead atoms. The highest BCUT2D eigenvalue weighted by atomic mass is 32.1. The number of benzene rings is 11. The van der Waals surface area contributed by atoms with Crippen LogP contribution in [0.3, 0.4) is 0 Å². The first-order valence-corrected chi connectivity index (χ1v) is 26.2. The van der Waals surface area contributed by atoms with Gasteiger partial charge < -0.3 is 4.42 Å². The minimum Gasteiger partial charge on any atom is -0.456 e. The summed E-state index contributed by atoms with van der Waals surface area (Å²) in [6, 6.07) is 93.6. The number of fused-ring (bicyclic) bond motifs is 9. The summed E-state index contributed by atoms with van der Waals surface area (Å²) in [4.78, 5) is 15.9. The summed E-state index contributed by atoms with van der Waals surface area (Å²) < 4.78 is 9.13. The average Bonchev–Trinajstić information content (AvgIpc) is 4.26. The fourth-order valence-corrected chi connectivity index (χ4v) is 12.9.